The van der Waals surface area contributed by atoms with Crippen LogP contribution in [0.15, 0.2) is 35.5 Å². The van der Waals surface area contributed by atoms with E-state index < -0.39 is 11.7 Å². The summed E-state index contributed by atoms with van der Waals surface area (Å²) in [7, 11) is 0. The van der Waals surface area contributed by atoms with Crippen molar-refractivity contribution >= 4 is 12.3 Å². The third-order valence-corrected chi connectivity index (χ3v) is 4.76. The summed E-state index contributed by atoms with van der Waals surface area (Å²) >= 11 is 0. The molecular weight excluding hydrogens is 328 g/mol. The van der Waals surface area contributed by atoms with Crippen molar-refractivity contribution < 1.29 is 19.4 Å². The minimum absolute atomic E-state index is 0.141. The first kappa shape index (κ1) is 24.3. The minimum Gasteiger partial charge on any atom is -0.460 e. The lowest BCUT2D eigenvalue weighted by molar-refractivity contribution is -0.159. The summed E-state index contributed by atoms with van der Waals surface area (Å²) in [5.41, 5.74) is 2.42. The van der Waals surface area contributed by atoms with Crippen molar-refractivity contribution in [3.8, 4) is 0 Å². The van der Waals surface area contributed by atoms with E-state index in [2.05, 4.69) is 19.6 Å². The quantitative estimate of drug-likeness (QED) is 0.231. The zero-order valence-corrected chi connectivity index (χ0v) is 17.3. The molecule has 0 saturated carbocycles. The van der Waals surface area contributed by atoms with Crippen LogP contribution in [0.2, 0.25) is 0 Å². The zero-order valence-electron chi connectivity index (χ0n) is 17.3. The summed E-state index contributed by atoms with van der Waals surface area (Å²) in [6, 6.07) is 0. The molecule has 0 aliphatic carbocycles. The Morgan fingerprint density at radius 2 is 1.69 bits per heavy atom. The van der Waals surface area contributed by atoms with Crippen LogP contribution in [-0.4, -0.2) is 29.1 Å². The molecule has 0 heterocycles. The van der Waals surface area contributed by atoms with E-state index in [0.717, 1.165) is 43.1 Å². The summed E-state index contributed by atoms with van der Waals surface area (Å²) in [5.74, 6) is -0.146. The molecule has 0 saturated heterocycles. The lowest BCUT2D eigenvalue weighted by Crippen LogP contribution is -2.36. The second-order valence-electron chi connectivity index (χ2n) is 7.77. The normalized spacial score (nSPS) is 15.3. The van der Waals surface area contributed by atoms with E-state index in [-0.39, 0.29) is 11.9 Å². The Labute approximate surface area is 159 Å². The second-order valence-corrected chi connectivity index (χ2v) is 7.77. The van der Waals surface area contributed by atoms with Gasteiger partial charge in [0.25, 0.3) is 0 Å². The predicted molar refractivity (Wildman–Crippen MR) is 107 cm³/mol. The molecule has 0 rings (SSSR count). The number of aldehydes is 1. The first-order chi connectivity index (χ1) is 12.0. The lowest BCUT2D eigenvalue weighted by atomic mass is 9.82. The van der Waals surface area contributed by atoms with Gasteiger partial charge >= 0.3 is 5.97 Å². The van der Waals surface area contributed by atoms with Crippen LogP contribution < -0.4 is 0 Å². The van der Waals surface area contributed by atoms with Crippen LogP contribution in [-0.2, 0) is 14.3 Å². The largest absolute Gasteiger partial charge is 0.460 e. The van der Waals surface area contributed by atoms with Crippen LogP contribution in [0.3, 0.4) is 0 Å². The van der Waals surface area contributed by atoms with Gasteiger partial charge in [0.05, 0.1) is 6.10 Å². The van der Waals surface area contributed by atoms with Gasteiger partial charge in [0.1, 0.15) is 11.9 Å². The lowest BCUT2D eigenvalue weighted by Gasteiger charge is -2.33. The van der Waals surface area contributed by atoms with E-state index in [0.29, 0.717) is 6.42 Å². The van der Waals surface area contributed by atoms with E-state index in [1.165, 1.54) is 12.5 Å². The van der Waals surface area contributed by atoms with E-state index >= 15 is 0 Å². The van der Waals surface area contributed by atoms with Gasteiger partial charge in [0.2, 0.25) is 0 Å². The molecule has 2 atom stereocenters. The van der Waals surface area contributed by atoms with Crippen molar-refractivity contribution in [2.45, 2.75) is 85.4 Å². The number of carbonyl (C=O) groups excluding carboxylic acids is 2. The Hall–Kier alpha value is -1.68. The molecular formula is C22H36O4. The third-order valence-electron chi connectivity index (χ3n) is 4.76. The number of aliphatic hydroxyl groups excluding tert-OH is 1. The Morgan fingerprint density at radius 3 is 2.19 bits per heavy atom. The number of hydrogen-bond donors (Lipinski definition) is 1. The first-order valence-electron chi connectivity index (χ1n) is 9.29. The van der Waals surface area contributed by atoms with Crippen molar-refractivity contribution in [3.05, 3.63) is 35.5 Å². The van der Waals surface area contributed by atoms with Crippen molar-refractivity contribution in [1.82, 2.24) is 0 Å². The second kappa shape index (κ2) is 11.8. The standard InChI is InChI=1S/C22H36O4/c1-16(2)21(25)13-10-17(3)8-11-20(12-9-18(4)14-15-23)22(6,7)26-19(5)24/h8,14-15,20-21,25H,1,9-13H2,2-7H3/b17-8+,18-14-. The first-order valence-corrected chi connectivity index (χ1v) is 9.29. The monoisotopic (exact) mass is 364 g/mol. The summed E-state index contributed by atoms with van der Waals surface area (Å²) in [6.07, 6.45) is 7.94. The van der Waals surface area contributed by atoms with Crippen molar-refractivity contribution in [3.63, 3.8) is 0 Å². The fraction of sp³-hybridized carbons (Fsp3) is 0.636. The molecule has 2 unspecified atom stereocenters. The molecule has 0 amide bonds. The number of carbonyl (C=O) groups is 2. The number of rotatable bonds is 12. The Morgan fingerprint density at radius 1 is 1.12 bits per heavy atom. The van der Waals surface area contributed by atoms with Gasteiger partial charge in [-0.15, -0.1) is 0 Å². The number of allylic oxidation sites excluding steroid dienone is 4. The molecule has 0 bridgehead atoms. The van der Waals surface area contributed by atoms with E-state index in [1.54, 1.807) is 6.08 Å². The van der Waals surface area contributed by atoms with Crippen molar-refractivity contribution in [2.75, 3.05) is 0 Å². The molecule has 0 aliphatic heterocycles. The van der Waals surface area contributed by atoms with Gasteiger partial charge in [0, 0.05) is 12.8 Å². The Bertz CT molecular complexity index is 540. The zero-order chi connectivity index (χ0) is 20.3. The number of hydrogen-bond acceptors (Lipinski definition) is 4. The SMILES string of the molecule is C=C(C)C(O)CC/C(C)=C/CC(CC/C(C)=C\C=O)C(C)(C)OC(C)=O. The Kier molecular flexibility index (Phi) is 11.1. The summed E-state index contributed by atoms with van der Waals surface area (Å²) in [6.45, 7) is 14.9. The molecule has 0 spiro atoms. The third kappa shape index (κ3) is 10.3. The van der Waals surface area contributed by atoms with Crippen LogP contribution in [0.4, 0.5) is 0 Å². The highest BCUT2D eigenvalue weighted by molar-refractivity contribution is 5.66. The summed E-state index contributed by atoms with van der Waals surface area (Å²) in [5, 5.41) is 9.86. The highest BCUT2D eigenvalue weighted by Gasteiger charge is 2.31. The van der Waals surface area contributed by atoms with Crippen LogP contribution in [0.25, 0.3) is 0 Å². The maximum atomic E-state index is 11.5. The van der Waals surface area contributed by atoms with Gasteiger partial charge in [-0.3, -0.25) is 9.59 Å². The van der Waals surface area contributed by atoms with Crippen LogP contribution in [0, 0.1) is 5.92 Å². The number of aliphatic hydroxyl groups is 1. The van der Waals surface area contributed by atoms with Gasteiger partial charge in [-0.2, -0.15) is 0 Å². The molecule has 0 aliphatic rings. The number of ether oxygens (including phenoxy) is 1. The average molecular weight is 365 g/mol. The average Bonchev–Trinajstić information content (AvgIpc) is 2.50. The minimum atomic E-state index is -0.582. The smallest absolute Gasteiger partial charge is 0.303 e. The summed E-state index contributed by atoms with van der Waals surface area (Å²) in [4.78, 5) is 22.1. The van der Waals surface area contributed by atoms with Gasteiger partial charge in [-0.05, 0) is 72.8 Å². The molecule has 4 heteroatoms. The topological polar surface area (TPSA) is 63.6 Å². The maximum absolute atomic E-state index is 11.5. The fourth-order valence-corrected chi connectivity index (χ4v) is 2.86. The van der Waals surface area contributed by atoms with Gasteiger partial charge in [0.15, 0.2) is 0 Å². The van der Waals surface area contributed by atoms with Crippen molar-refractivity contribution in [1.29, 1.82) is 0 Å². The van der Waals surface area contributed by atoms with Crippen molar-refractivity contribution in [2.24, 2.45) is 5.92 Å². The molecule has 0 aromatic carbocycles. The van der Waals surface area contributed by atoms with E-state index in [1.807, 2.05) is 27.7 Å². The van der Waals surface area contributed by atoms with Gasteiger partial charge < -0.3 is 9.84 Å². The van der Waals surface area contributed by atoms with Crippen LogP contribution >= 0.6 is 0 Å². The molecule has 0 aromatic rings. The summed E-state index contributed by atoms with van der Waals surface area (Å²) < 4.78 is 5.55. The van der Waals surface area contributed by atoms with Crippen LogP contribution in [0.5, 0.6) is 0 Å². The highest BCUT2D eigenvalue weighted by Crippen LogP contribution is 2.31. The van der Waals surface area contributed by atoms with Gasteiger partial charge in [-0.25, -0.2) is 0 Å². The molecule has 4 nitrogen and oxygen atoms in total. The molecule has 1 N–H and O–H groups in total. The molecule has 0 aromatic heterocycles. The van der Waals surface area contributed by atoms with E-state index in [4.69, 9.17) is 4.74 Å². The number of esters is 1. The molecule has 148 valence electrons. The Balaban J connectivity index is 5.01. The molecule has 0 fully saturated rings. The molecule has 26 heavy (non-hydrogen) atoms. The van der Waals surface area contributed by atoms with Crippen LogP contribution in [0.1, 0.15) is 73.6 Å². The van der Waals surface area contributed by atoms with Gasteiger partial charge in [-0.1, -0.05) is 29.4 Å². The van der Waals surface area contributed by atoms with E-state index in [9.17, 15) is 14.7 Å². The predicted octanol–water partition coefficient (Wildman–Crippen LogP) is 4.92. The maximum Gasteiger partial charge on any atom is 0.303 e. The molecule has 0 radical (unpaired) electrons. The highest BCUT2D eigenvalue weighted by atomic mass is 16.6. The fourth-order valence-electron chi connectivity index (χ4n) is 2.86.